The summed E-state index contributed by atoms with van der Waals surface area (Å²) < 4.78 is 1.85. The molecule has 0 spiro atoms. The minimum absolute atomic E-state index is 0.203. The third kappa shape index (κ3) is 3.91. The number of para-hydroxylation sites is 1. The van der Waals surface area contributed by atoms with Gasteiger partial charge in [0.1, 0.15) is 0 Å². The summed E-state index contributed by atoms with van der Waals surface area (Å²) in [5.41, 5.74) is 4.48. The van der Waals surface area contributed by atoms with Gasteiger partial charge in [-0.15, -0.1) is 0 Å². The molecule has 32 heavy (non-hydrogen) atoms. The minimum Gasteiger partial charge on any atom is -0.478 e. The van der Waals surface area contributed by atoms with Gasteiger partial charge in [-0.1, -0.05) is 54.6 Å². The molecule has 2 heterocycles. The molecular weight excluding hydrogens is 398 g/mol. The van der Waals surface area contributed by atoms with Gasteiger partial charge >= 0.3 is 5.97 Å². The molecule has 5 rings (SSSR count). The van der Waals surface area contributed by atoms with E-state index >= 15 is 0 Å². The van der Waals surface area contributed by atoms with Crippen molar-refractivity contribution in [3.63, 3.8) is 0 Å². The van der Waals surface area contributed by atoms with E-state index in [4.69, 9.17) is 5.10 Å². The molecule has 5 heteroatoms. The number of rotatable bonds is 5. The molecular formula is C27H19N3O2. The van der Waals surface area contributed by atoms with E-state index < -0.39 is 5.97 Å². The van der Waals surface area contributed by atoms with Crippen molar-refractivity contribution >= 4 is 28.9 Å². The van der Waals surface area contributed by atoms with E-state index in [0.29, 0.717) is 5.69 Å². The van der Waals surface area contributed by atoms with Crippen LogP contribution in [0.5, 0.6) is 0 Å². The van der Waals surface area contributed by atoms with E-state index in [9.17, 15) is 9.90 Å². The summed E-state index contributed by atoms with van der Waals surface area (Å²) in [7, 11) is 0. The molecule has 2 aromatic heterocycles. The van der Waals surface area contributed by atoms with Gasteiger partial charge in [0.2, 0.25) is 0 Å². The number of aromatic nitrogens is 3. The van der Waals surface area contributed by atoms with Crippen molar-refractivity contribution in [2.75, 3.05) is 0 Å². The zero-order valence-electron chi connectivity index (χ0n) is 17.1. The maximum atomic E-state index is 11.3. The Labute approximate surface area is 184 Å². The molecule has 5 nitrogen and oxygen atoms in total. The number of benzene rings is 3. The number of carbonyl (C=O) groups is 1. The Balaban J connectivity index is 1.61. The summed E-state index contributed by atoms with van der Waals surface area (Å²) in [6.07, 6.45) is 7.20. The zero-order valence-corrected chi connectivity index (χ0v) is 17.1. The van der Waals surface area contributed by atoms with Gasteiger partial charge in [-0.05, 0) is 53.3 Å². The highest BCUT2D eigenvalue weighted by Gasteiger charge is 2.11. The molecule has 0 bridgehead atoms. The van der Waals surface area contributed by atoms with Crippen LogP contribution in [0.4, 0.5) is 0 Å². The predicted molar refractivity (Wildman–Crippen MR) is 127 cm³/mol. The number of fused-ring (bicyclic) bond motifs is 1. The summed E-state index contributed by atoms with van der Waals surface area (Å²) in [4.78, 5) is 15.5. The summed E-state index contributed by atoms with van der Waals surface area (Å²) in [6, 6.07) is 27.5. The molecule has 0 fully saturated rings. The zero-order chi connectivity index (χ0) is 21.9. The molecule has 5 aromatic rings. The van der Waals surface area contributed by atoms with E-state index in [1.54, 1.807) is 6.07 Å². The first-order valence-electron chi connectivity index (χ1n) is 10.2. The minimum atomic E-state index is -0.976. The molecule has 0 amide bonds. The van der Waals surface area contributed by atoms with Crippen molar-refractivity contribution in [3.8, 4) is 16.9 Å². The van der Waals surface area contributed by atoms with Crippen LogP contribution in [0.25, 0.3) is 39.9 Å². The number of aromatic carboxylic acids is 1. The number of hydrogen-bond donors (Lipinski definition) is 1. The Morgan fingerprint density at radius 3 is 2.44 bits per heavy atom. The quantitative estimate of drug-likeness (QED) is 0.383. The van der Waals surface area contributed by atoms with Crippen molar-refractivity contribution in [1.29, 1.82) is 0 Å². The number of nitrogens with zero attached hydrogens (tertiary/aromatic N) is 3. The Morgan fingerprint density at radius 2 is 1.62 bits per heavy atom. The van der Waals surface area contributed by atoms with Gasteiger partial charge < -0.3 is 5.11 Å². The van der Waals surface area contributed by atoms with E-state index in [-0.39, 0.29) is 5.56 Å². The van der Waals surface area contributed by atoms with Gasteiger partial charge in [0.15, 0.2) is 0 Å². The smallest absolute Gasteiger partial charge is 0.335 e. The lowest BCUT2D eigenvalue weighted by molar-refractivity contribution is 0.0696. The molecule has 3 aromatic carbocycles. The number of hydrogen-bond acceptors (Lipinski definition) is 3. The molecule has 1 N–H and O–H groups in total. The second kappa shape index (κ2) is 8.32. The monoisotopic (exact) mass is 417 g/mol. The largest absolute Gasteiger partial charge is 0.478 e. The summed E-state index contributed by atoms with van der Waals surface area (Å²) >= 11 is 0. The van der Waals surface area contributed by atoms with Crippen molar-refractivity contribution in [2.45, 2.75) is 0 Å². The van der Waals surface area contributed by atoms with Crippen LogP contribution in [0.15, 0.2) is 97.3 Å². The van der Waals surface area contributed by atoms with Crippen molar-refractivity contribution in [1.82, 2.24) is 14.8 Å². The van der Waals surface area contributed by atoms with Gasteiger partial charge in [0.25, 0.3) is 0 Å². The fraction of sp³-hybridized carbons (Fsp3) is 0. The van der Waals surface area contributed by atoms with E-state index in [1.165, 1.54) is 17.6 Å². The van der Waals surface area contributed by atoms with Gasteiger partial charge in [0, 0.05) is 23.5 Å². The van der Waals surface area contributed by atoms with Crippen LogP contribution in [0.3, 0.4) is 0 Å². The maximum absolute atomic E-state index is 11.3. The topological polar surface area (TPSA) is 68.0 Å². The second-order valence-corrected chi connectivity index (χ2v) is 7.38. The first-order valence-corrected chi connectivity index (χ1v) is 10.2. The van der Waals surface area contributed by atoms with Crippen LogP contribution in [0.1, 0.15) is 21.6 Å². The molecule has 0 unspecified atom stereocenters. The average molecular weight is 417 g/mol. The fourth-order valence-corrected chi connectivity index (χ4v) is 3.63. The number of carboxylic acids is 1. The SMILES string of the molecule is O=C(O)c1ccnc(/C=C/c2cn(-c3ccccc3)nc2-c2ccc3ccccc3c2)c1. The summed E-state index contributed by atoms with van der Waals surface area (Å²) in [5, 5.41) is 16.4. The first kappa shape index (κ1) is 19.5. The second-order valence-electron chi connectivity index (χ2n) is 7.38. The predicted octanol–water partition coefficient (Wildman–Crippen LogP) is 5.96. The average Bonchev–Trinajstić information content (AvgIpc) is 3.27. The standard InChI is InChI=1S/C27H19N3O2/c31-27(32)22-14-15-28-24(17-22)13-12-23-18-30(25-8-2-1-3-9-25)29-26(23)21-11-10-19-6-4-5-7-20(19)16-21/h1-18H,(H,31,32)/b13-12+. The van der Waals surface area contributed by atoms with Crippen molar-refractivity contribution in [2.24, 2.45) is 0 Å². The van der Waals surface area contributed by atoms with Crippen LogP contribution in [-0.2, 0) is 0 Å². The molecule has 0 atom stereocenters. The highest BCUT2D eigenvalue weighted by molar-refractivity contribution is 5.90. The van der Waals surface area contributed by atoms with Crippen LogP contribution in [0, 0.1) is 0 Å². The molecule has 0 aliphatic rings. The Hall–Kier alpha value is -4.51. The van der Waals surface area contributed by atoms with Crippen LogP contribution in [-0.4, -0.2) is 25.8 Å². The van der Waals surface area contributed by atoms with Crippen LogP contribution >= 0.6 is 0 Å². The first-order chi connectivity index (χ1) is 15.7. The fourth-order valence-electron chi connectivity index (χ4n) is 3.63. The van der Waals surface area contributed by atoms with Crippen molar-refractivity contribution < 1.29 is 9.90 Å². The third-order valence-corrected chi connectivity index (χ3v) is 5.25. The van der Waals surface area contributed by atoms with Gasteiger partial charge in [-0.3, -0.25) is 4.98 Å². The normalized spacial score (nSPS) is 11.2. The van der Waals surface area contributed by atoms with E-state index in [1.807, 2.05) is 65.5 Å². The highest BCUT2D eigenvalue weighted by atomic mass is 16.4. The van der Waals surface area contributed by atoms with E-state index in [0.717, 1.165) is 27.9 Å². The summed E-state index contributed by atoms with van der Waals surface area (Å²) in [5.74, 6) is -0.976. The van der Waals surface area contributed by atoms with Crippen molar-refractivity contribution in [3.05, 3.63) is 114 Å². The number of pyridine rings is 1. The number of carboxylic acid groups (broad SMARTS) is 1. The lowest BCUT2D eigenvalue weighted by atomic mass is 10.0. The highest BCUT2D eigenvalue weighted by Crippen LogP contribution is 2.28. The summed E-state index contributed by atoms with van der Waals surface area (Å²) in [6.45, 7) is 0. The molecule has 0 aliphatic carbocycles. The maximum Gasteiger partial charge on any atom is 0.335 e. The Kier molecular flexibility index (Phi) is 5.06. The van der Waals surface area contributed by atoms with Crippen LogP contribution in [0.2, 0.25) is 0 Å². The van der Waals surface area contributed by atoms with Gasteiger partial charge in [-0.2, -0.15) is 5.10 Å². The Bertz CT molecular complexity index is 1450. The Morgan fingerprint density at radius 1 is 0.844 bits per heavy atom. The van der Waals surface area contributed by atoms with Gasteiger partial charge in [0.05, 0.1) is 22.6 Å². The molecule has 0 saturated heterocycles. The lowest BCUT2D eigenvalue weighted by Crippen LogP contribution is -1.96. The van der Waals surface area contributed by atoms with E-state index in [2.05, 4.69) is 35.3 Å². The lowest BCUT2D eigenvalue weighted by Gasteiger charge is -2.03. The molecule has 0 saturated carbocycles. The van der Waals surface area contributed by atoms with Gasteiger partial charge in [-0.25, -0.2) is 9.48 Å². The third-order valence-electron chi connectivity index (χ3n) is 5.25. The van der Waals surface area contributed by atoms with Crippen LogP contribution < -0.4 is 0 Å². The molecule has 0 aliphatic heterocycles. The molecule has 0 radical (unpaired) electrons. The molecule has 154 valence electrons.